The predicted molar refractivity (Wildman–Crippen MR) is 93.4 cm³/mol. The van der Waals surface area contributed by atoms with Gasteiger partial charge < -0.3 is 10.1 Å². The van der Waals surface area contributed by atoms with Crippen LogP contribution in [0.1, 0.15) is 18.0 Å². The van der Waals surface area contributed by atoms with E-state index in [-0.39, 0.29) is 12.3 Å². The van der Waals surface area contributed by atoms with Gasteiger partial charge in [-0.05, 0) is 29.8 Å². The van der Waals surface area contributed by atoms with Crippen LogP contribution < -0.4 is 14.8 Å². The maximum Gasteiger partial charge on any atom is 0.226 e. The van der Waals surface area contributed by atoms with Crippen molar-refractivity contribution in [3.05, 3.63) is 60.2 Å². The van der Waals surface area contributed by atoms with Crippen LogP contribution in [0.3, 0.4) is 0 Å². The highest BCUT2D eigenvalue weighted by Gasteiger charge is 2.20. The van der Waals surface area contributed by atoms with Gasteiger partial charge in [-0.25, -0.2) is 13.1 Å². The van der Waals surface area contributed by atoms with Crippen LogP contribution in [-0.4, -0.2) is 27.7 Å². The van der Waals surface area contributed by atoms with Gasteiger partial charge in [-0.15, -0.1) is 0 Å². The second-order valence-corrected chi connectivity index (χ2v) is 7.11. The molecule has 2 aromatic carbocycles. The van der Waals surface area contributed by atoms with Crippen molar-refractivity contribution >= 4 is 21.6 Å². The average Bonchev–Trinajstić information content (AvgIpc) is 2.54. The third-order valence-corrected chi connectivity index (χ3v) is 4.03. The molecule has 0 heterocycles. The fourth-order valence-corrected chi connectivity index (χ4v) is 2.98. The normalized spacial score (nSPS) is 12.4. The van der Waals surface area contributed by atoms with Crippen molar-refractivity contribution < 1.29 is 17.9 Å². The van der Waals surface area contributed by atoms with Crippen molar-refractivity contribution in [1.82, 2.24) is 4.72 Å². The van der Waals surface area contributed by atoms with Crippen LogP contribution in [0.4, 0.5) is 5.69 Å². The van der Waals surface area contributed by atoms with Gasteiger partial charge in [-0.3, -0.25) is 4.79 Å². The number of methoxy groups -OCH3 is 1. The quantitative estimate of drug-likeness (QED) is 0.804. The molecule has 0 aromatic heterocycles. The van der Waals surface area contributed by atoms with Gasteiger partial charge in [0, 0.05) is 12.1 Å². The Labute approximate surface area is 141 Å². The van der Waals surface area contributed by atoms with Crippen LogP contribution in [0.2, 0.25) is 0 Å². The van der Waals surface area contributed by atoms with Gasteiger partial charge in [-0.2, -0.15) is 0 Å². The number of ether oxygens (including phenoxy) is 1. The summed E-state index contributed by atoms with van der Waals surface area (Å²) in [6.45, 7) is 0. The number of rotatable bonds is 7. The molecule has 0 saturated heterocycles. The summed E-state index contributed by atoms with van der Waals surface area (Å²) in [4.78, 5) is 12.2. The fourth-order valence-electron chi connectivity index (χ4n) is 2.24. The fraction of sp³-hybridized carbons (Fsp3) is 0.235. The molecule has 128 valence electrons. The third kappa shape index (κ3) is 5.68. The first-order valence-electron chi connectivity index (χ1n) is 7.33. The van der Waals surface area contributed by atoms with E-state index in [4.69, 9.17) is 4.74 Å². The summed E-state index contributed by atoms with van der Waals surface area (Å²) < 4.78 is 30.8. The van der Waals surface area contributed by atoms with Gasteiger partial charge in [0.25, 0.3) is 0 Å². The molecule has 7 heteroatoms. The number of benzene rings is 2. The number of amides is 1. The van der Waals surface area contributed by atoms with Crippen LogP contribution in [0.25, 0.3) is 0 Å². The van der Waals surface area contributed by atoms with Crippen LogP contribution in [-0.2, 0) is 14.8 Å². The molecule has 2 N–H and O–H groups in total. The summed E-state index contributed by atoms with van der Waals surface area (Å²) in [5.74, 6) is 0.378. The van der Waals surface area contributed by atoms with Crippen LogP contribution in [0.15, 0.2) is 54.6 Å². The molecule has 0 unspecified atom stereocenters. The monoisotopic (exact) mass is 348 g/mol. The Morgan fingerprint density at radius 2 is 1.71 bits per heavy atom. The maximum atomic E-state index is 12.2. The van der Waals surface area contributed by atoms with E-state index in [2.05, 4.69) is 10.0 Å². The van der Waals surface area contributed by atoms with E-state index in [0.29, 0.717) is 17.0 Å². The van der Waals surface area contributed by atoms with Gasteiger partial charge in [0.1, 0.15) is 5.75 Å². The summed E-state index contributed by atoms with van der Waals surface area (Å²) >= 11 is 0. The number of carbonyl (C=O) groups excluding carboxylic acids is 1. The zero-order valence-electron chi connectivity index (χ0n) is 13.5. The minimum absolute atomic E-state index is 0.0196. The number of nitrogens with one attached hydrogen (secondary N) is 2. The second-order valence-electron chi connectivity index (χ2n) is 5.33. The summed E-state index contributed by atoms with van der Waals surface area (Å²) in [7, 11) is -1.92. The molecular formula is C17H20N2O4S. The van der Waals surface area contributed by atoms with E-state index in [0.717, 1.165) is 6.26 Å². The summed E-state index contributed by atoms with van der Waals surface area (Å²) in [5.41, 5.74) is 1.35. The summed E-state index contributed by atoms with van der Waals surface area (Å²) in [6, 6.07) is 15.3. The lowest BCUT2D eigenvalue weighted by Crippen LogP contribution is -2.30. The van der Waals surface area contributed by atoms with Gasteiger partial charge >= 0.3 is 0 Å². The van der Waals surface area contributed by atoms with Crippen molar-refractivity contribution in [1.29, 1.82) is 0 Å². The van der Waals surface area contributed by atoms with Crippen molar-refractivity contribution in [2.24, 2.45) is 0 Å². The highest BCUT2D eigenvalue weighted by molar-refractivity contribution is 7.88. The molecule has 0 aliphatic rings. The minimum Gasteiger partial charge on any atom is -0.497 e. The van der Waals surface area contributed by atoms with Crippen molar-refractivity contribution in [2.45, 2.75) is 12.5 Å². The molecule has 0 radical (unpaired) electrons. The van der Waals surface area contributed by atoms with Crippen molar-refractivity contribution in [2.75, 3.05) is 18.7 Å². The summed E-state index contributed by atoms with van der Waals surface area (Å²) in [6.07, 6.45) is 1.05. The van der Waals surface area contributed by atoms with Crippen LogP contribution >= 0.6 is 0 Å². The average molecular weight is 348 g/mol. The topological polar surface area (TPSA) is 84.5 Å². The second kappa shape index (κ2) is 7.94. The van der Waals surface area contributed by atoms with E-state index in [1.807, 2.05) is 18.2 Å². The highest BCUT2D eigenvalue weighted by Crippen LogP contribution is 2.21. The minimum atomic E-state index is -3.47. The Morgan fingerprint density at radius 3 is 2.25 bits per heavy atom. The summed E-state index contributed by atoms with van der Waals surface area (Å²) in [5, 5.41) is 2.75. The lowest BCUT2D eigenvalue weighted by Gasteiger charge is -2.18. The first kappa shape index (κ1) is 18.0. The Balaban J connectivity index is 2.14. The molecule has 1 atom stereocenters. The lowest BCUT2D eigenvalue weighted by atomic mass is 10.0. The number of para-hydroxylation sites is 1. The lowest BCUT2D eigenvalue weighted by molar-refractivity contribution is -0.116. The Bertz CT molecular complexity index is 774. The van der Waals surface area contributed by atoms with Gasteiger partial charge in [0.2, 0.25) is 15.9 Å². The van der Waals surface area contributed by atoms with E-state index in [1.165, 1.54) is 0 Å². The van der Waals surface area contributed by atoms with Gasteiger partial charge in [-0.1, -0.05) is 30.3 Å². The van der Waals surface area contributed by atoms with Crippen LogP contribution in [0, 0.1) is 0 Å². The zero-order valence-corrected chi connectivity index (χ0v) is 14.3. The van der Waals surface area contributed by atoms with E-state index in [1.54, 1.807) is 43.5 Å². The Kier molecular flexibility index (Phi) is 5.94. The largest absolute Gasteiger partial charge is 0.497 e. The molecule has 0 spiro atoms. The molecule has 1 amide bonds. The Hall–Kier alpha value is -2.38. The first-order valence-corrected chi connectivity index (χ1v) is 9.22. The van der Waals surface area contributed by atoms with Crippen molar-refractivity contribution in [3.8, 4) is 5.75 Å². The number of carbonyl (C=O) groups is 1. The highest BCUT2D eigenvalue weighted by atomic mass is 32.2. The molecule has 24 heavy (non-hydrogen) atoms. The number of hydrogen-bond acceptors (Lipinski definition) is 4. The first-order chi connectivity index (χ1) is 11.4. The number of hydrogen-bond donors (Lipinski definition) is 2. The van der Waals surface area contributed by atoms with E-state index >= 15 is 0 Å². The molecule has 0 aliphatic heterocycles. The molecular weight excluding hydrogens is 328 g/mol. The van der Waals surface area contributed by atoms with Gasteiger partial charge in [0.05, 0.1) is 19.4 Å². The third-order valence-electron chi connectivity index (χ3n) is 3.32. The van der Waals surface area contributed by atoms with Crippen molar-refractivity contribution in [3.63, 3.8) is 0 Å². The maximum absolute atomic E-state index is 12.2. The molecule has 2 aromatic rings. The van der Waals surface area contributed by atoms with E-state index < -0.39 is 16.1 Å². The Morgan fingerprint density at radius 1 is 1.08 bits per heavy atom. The van der Waals surface area contributed by atoms with E-state index in [9.17, 15) is 13.2 Å². The molecule has 0 bridgehead atoms. The smallest absolute Gasteiger partial charge is 0.226 e. The predicted octanol–water partition coefficient (Wildman–Crippen LogP) is 2.31. The molecule has 0 saturated carbocycles. The molecule has 0 aliphatic carbocycles. The number of anilines is 1. The SMILES string of the molecule is COc1ccc([C@H](CC(=O)Nc2ccccc2)NS(C)(=O)=O)cc1. The standard InChI is InChI=1S/C17H20N2O4S/c1-23-15-10-8-13(9-11-15)16(19-24(2,21)22)12-17(20)18-14-6-4-3-5-7-14/h3-11,16,19H,12H2,1-2H3,(H,18,20)/t16-/m0/s1. The molecule has 2 rings (SSSR count). The molecule has 6 nitrogen and oxygen atoms in total. The van der Waals surface area contributed by atoms with Gasteiger partial charge in [0.15, 0.2) is 0 Å². The number of sulfonamides is 1. The van der Waals surface area contributed by atoms with Crippen LogP contribution in [0.5, 0.6) is 5.75 Å². The zero-order chi connectivity index (χ0) is 17.6. The molecule has 0 fully saturated rings.